The van der Waals surface area contributed by atoms with Crippen LogP contribution in [-0.4, -0.2) is 14.3 Å². The van der Waals surface area contributed by atoms with Gasteiger partial charge in [-0.1, -0.05) is 17.7 Å². The minimum atomic E-state index is -3.83. The number of furan rings is 1. The van der Waals surface area contributed by atoms with E-state index in [0.29, 0.717) is 11.3 Å². The van der Waals surface area contributed by atoms with Gasteiger partial charge in [0.05, 0.1) is 4.90 Å². The number of nitrogens with one attached hydrogen (secondary N) is 1. The van der Waals surface area contributed by atoms with E-state index in [0.717, 1.165) is 16.5 Å². The van der Waals surface area contributed by atoms with Crippen molar-refractivity contribution in [2.24, 2.45) is 5.14 Å². The van der Waals surface area contributed by atoms with E-state index in [1.807, 2.05) is 25.1 Å². The van der Waals surface area contributed by atoms with E-state index in [1.165, 1.54) is 18.2 Å². The average Bonchev–Trinajstić information content (AvgIpc) is 2.84. The number of carbonyl (C=O) groups is 1. The van der Waals surface area contributed by atoms with Crippen LogP contribution in [-0.2, 0) is 10.0 Å². The molecule has 3 rings (SSSR count). The Hall–Kier alpha value is -2.64. The molecular formula is C17H16N2O4S. The van der Waals surface area contributed by atoms with Crippen molar-refractivity contribution in [2.75, 3.05) is 5.32 Å². The van der Waals surface area contributed by atoms with E-state index in [1.54, 1.807) is 13.0 Å². The average molecular weight is 344 g/mol. The van der Waals surface area contributed by atoms with Gasteiger partial charge in [-0.05, 0) is 44.2 Å². The summed E-state index contributed by atoms with van der Waals surface area (Å²) in [7, 11) is -3.83. The molecule has 3 N–H and O–H groups in total. The van der Waals surface area contributed by atoms with Crippen molar-refractivity contribution in [3.05, 3.63) is 59.4 Å². The molecule has 0 spiro atoms. The molecule has 6 nitrogen and oxygen atoms in total. The number of carbonyl (C=O) groups excluding carboxylic acids is 1. The third-order valence-electron chi connectivity index (χ3n) is 3.72. The number of benzene rings is 2. The summed E-state index contributed by atoms with van der Waals surface area (Å²) in [6, 6.07) is 11.4. The molecule has 1 amide bonds. The lowest BCUT2D eigenvalue weighted by Crippen LogP contribution is -2.15. The molecule has 0 aliphatic rings. The first kappa shape index (κ1) is 16.2. The van der Waals surface area contributed by atoms with Crippen molar-refractivity contribution in [3.8, 4) is 0 Å². The first-order valence-corrected chi connectivity index (χ1v) is 8.74. The number of rotatable bonds is 3. The normalized spacial score (nSPS) is 11.6. The number of sulfonamides is 1. The Morgan fingerprint density at radius 3 is 2.58 bits per heavy atom. The molecule has 0 bridgehead atoms. The van der Waals surface area contributed by atoms with Crippen LogP contribution in [0.5, 0.6) is 0 Å². The van der Waals surface area contributed by atoms with Gasteiger partial charge in [-0.3, -0.25) is 4.79 Å². The van der Waals surface area contributed by atoms with Gasteiger partial charge >= 0.3 is 0 Å². The SMILES string of the molecule is Cc1ccc2oc(C(=O)Nc3cccc(S(N)(=O)=O)c3)c(C)c2c1. The summed E-state index contributed by atoms with van der Waals surface area (Å²) in [5.41, 5.74) is 2.75. The molecule has 2 aromatic carbocycles. The largest absolute Gasteiger partial charge is 0.451 e. The Bertz CT molecular complexity index is 1050. The Labute approximate surface area is 139 Å². The number of primary sulfonamides is 1. The summed E-state index contributed by atoms with van der Waals surface area (Å²) >= 11 is 0. The summed E-state index contributed by atoms with van der Waals surface area (Å²) < 4.78 is 28.4. The molecule has 3 aromatic rings. The van der Waals surface area contributed by atoms with Gasteiger partial charge in [-0.15, -0.1) is 0 Å². The molecule has 0 unspecified atom stereocenters. The third-order valence-corrected chi connectivity index (χ3v) is 4.63. The lowest BCUT2D eigenvalue weighted by Gasteiger charge is -2.05. The minimum absolute atomic E-state index is 0.0720. The van der Waals surface area contributed by atoms with Gasteiger partial charge in [-0.2, -0.15) is 0 Å². The maximum Gasteiger partial charge on any atom is 0.291 e. The van der Waals surface area contributed by atoms with Gasteiger partial charge in [0.1, 0.15) is 5.58 Å². The van der Waals surface area contributed by atoms with Gasteiger partial charge in [0.2, 0.25) is 10.0 Å². The van der Waals surface area contributed by atoms with Crippen LogP contribution < -0.4 is 10.5 Å². The molecule has 0 aliphatic carbocycles. The Morgan fingerprint density at radius 1 is 1.12 bits per heavy atom. The van der Waals surface area contributed by atoms with E-state index < -0.39 is 15.9 Å². The van der Waals surface area contributed by atoms with E-state index in [2.05, 4.69) is 5.32 Å². The van der Waals surface area contributed by atoms with Crippen LogP contribution in [0.1, 0.15) is 21.7 Å². The number of aryl methyl sites for hydroxylation is 2. The van der Waals surface area contributed by atoms with Crippen LogP contribution in [0, 0.1) is 13.8 Å². The van der Waals surface area contributed by atoms with Crippen LogP contribution in [0.15, 0.2) is 51.8 Å². The number of amides is 1. The fraction of sp³-hybridized carbons (Fsp3) is 0.118. The highest BCUT2D eigenvalue weighted by Gasteiger charge is 2.18. The Kier molecular flexibility index (Phi) is 3.90. The molecule has 7 heteroatoms. The fourth-order valence-electron chi connectivity index (χ4n) is 2.49. The Morgan fingerprint density at radius 2 is 1.88 bits per heavy atom. The summed E-state index contributed by atoms with van der Waals surface area (Å²) in [6.45, 7) is 3.77. The molecule has 0 fully saturated rings. The number of hydrogen-bond donors (Lipinski definition) is 2. The molecule has 0 saturated carbocycles. The first-order valence-electron chi connectivity index (χ1n) is 7.19. The molecule has 0 aliphatic heterocycles. The standard InChI is InChI=1S/C17H16N2O4S/c1-10-6-7-15-14(8-10)11(2)16(23-15)17(20)19-12-4-3-5-13(9-12)24(18,21)22/h3-9H,1-2H3,(H,19,20)(H2,18,21,22). The molecular weight excluding hydrogens is 328 g/mol. The molecule has 1 aromatic heterocycles. The number of fused-ring (bicyclic) bond motifs is 1. The molecule has 24 heavy (non-hydrogen) atoms. The van der Waals surface area contributed by atoms with Crippen LogP contribution in [0.2, 0.25) is 0 Å². The number of anilines is 1. The fourth-order valence-corrected chi connectivity index (χ4v) is 3.05. The van der Waals surface area contributed by atoms with Gasteiger partial charge in [0, 0.05) is 16.6 Å². The molecule has 0 radical (unpaired) electrons. The zero-order valence-corrected chi connectivity index (χ0v) is 14.0. The molecule has 1 heterocycles. The Balaban J connectivity index is 1.95. The zero-order valence-electron chi connectivity index (χ0n) is 13.2. The van der Waals surface area contributed by atoms with Crippen LogP contribution >= 0.6 is 0 Å². The topological polar surface area (TPSA) is 102 Å². The molecule has 124 valence electrons. The summed E-state index contributed by atoms with van der Waals surface area (Å²) in [5.74, 6) is -0.260. The summed E-state index contributed by atoms with van der Waals surface area (Å²) in [6.07, 6.45) is 0. The highest BCUT2D eigenvalue weighted by atomic mass is 32.2. The van der Waals surface area contributed by atoms with Gasteiger partial charge in [0.15, 0.2) is 5.76 Å². The predicted molar refractivity (Wildman–Crippen MR) is 91.5 cm³/mol. The van der Waals surface area contributed by atoms with Crippen molar-refractivity contribution in [3.63, 3.8) is 0 Å². The van der Waals surface area contributed by atoms with E-state index in [9.17, 15) is 13.2 Å². The summed E-state index contributed by atoms with van der Waals surface area (Å²) in [4.78, 5) is 12.4. The number of hydrogen-bond acceptors (Lipinski definition) is 4. The monoisotopic (exact) mass is 344 g/mol. The van der Waals surface area contributed by atoms with Crippen LogP contribution in [0.3, 0.4) is 0 Å². The van der Waals surface area contributed by atoms with Crippen LogP contribution in [0.25, 0.3) is 11.0 Å². The molecule has 0 saturated heterocycles. The summed E-state index contributed by atoms with van der Waals surface area (Å²) in [5, 5.41) is 8.61. The smallest absolute Gasteiger partial charge is 0.291 e. The molecule has 0 atom stereocenters. The highest BCUT2D eigenvalue weighted by molar-refractivity contribution is 7.89. The van der Waals surface area contributed by atoms with Gasteiger partial charge in [-0.25, -0.2) is 13.6 Å². The van der Waals surface area contributed by atoms with E-state index in [4.69, 9.17) is 9.56 Å². The van der Waals surface area contributed by atoms with Gasteiger partial charge in [0.25, 0.3) is 5.91 Å². The predicted octanol–water partition coefficient (Wildman–Crippen LogP) is 2.95. The quantitative estimate of drug-likeness (QED) is 0.762. The third kappa shape index (κ3) is 3.04. The van der Waals surface area contributed by atoms with Crippen molar-refractivity contribution in [1.29, 1.82) is 0 Å². The second-order valence-electron chi connectivity index (χ2n) is 5.58. The van der Waals surface area contributed by atoms with Crippen molar-refractivity contribution in [2.45, 2.75) is 18.7 Å². The van der Waals surface area contributed by atoms with Crippen molar-refractivity contribution >= 4 is 32.6 Å². The lowest BCUT2D eigenvalue weighted by molar-refractivity contribution is 0.0998. The van der Waals surface area contributed by atoms with E-state index >= 15 is 0 Å². The lowest BCUT2D eigenvalue weighted by atomic mass is 10.1. The maximum absolute atomic E-state index is 12.5. The highest BCUT2D eigenvalue weighted by Crippen LogP contribution is 2.27. The second-order valence-corrected chi connectivity index (χ2v) is 7.14. The van der Waals surface area contributed by atoms with Crippen molar-refractivity contribution < 1.29 is 17.6 Å². The van der Waals surface area contributed by atoms with Gasteiger partial charge < -0.3 is 9.73 Å². The first-order chi connectivity index (χ1) is 11.3. The van der Waals surface area contributed by atoms with Crippen LogP contribution in [0.4, 0.5) is 5.69 Å². The minimum Gasteiger partial charge on any atom is -0.451 e. The number of nitrogens with two attached hydrogens (primary N) is 1. The van der Waals surface area contributed by atoms with Crippen molar-refractivity contribution in [1.82, 2.24) is 0 Å². The second kappa shape index (κ2) is 5.77. The maximum atomic E-state index is 12.5. The zero-order chi connectivity index (χ0) is 17.5. The van der Waals surface area contributed by atoms with E-state index in [-0.39, 0.29) is 10.7 Å².